The third kappa shape index (κ3) is 2.93. The molecule has 102 valence electrons. The number of benzene rings is 1. The second-order valence-corrected chi connectivity index (χ2v) is 3.02. The molecule has 0 aliphatic carbocycles. The van der Waals surface area contributed by atoms with Gasteiger partial charge >= 0.3 is 11.9 Å². The Labute approximate surface area is 108 Å². The predicted molar refractivity (Wildman–Crippen MR) is 53.0 cm³/mol. The Morgan fingerprint density at radius 2 is 1.30 bits per heavy atom. The van der Waals surface area contributed by atoms with Crippen LogP contribution in [0.4, 0.5) is 22.0 Å². The largest absolute Gasteiger partial charge is 0.393 e. The van der Waals surface area contributed by atoms with Crippen LogP contribution in [0.15, 0.2) is 0 Å². The molecule has 0 saturated heterocycles. The number of carbonyl (C=O) groups is 2. The van der Waals surface area contributed by atoms with Gasteiger partial charge in [-0.1, -0.05) is 0 Å². The molecule has 0 atom stereocenters. The van der Waals surface area contributed by atoms with Crippen LogP contribution < -0.4 is 0 Å². The van der Waals surface area contributed by atoms with Crippen molar-refractivity contribution in [3.05, 3.63) is 34.6 Å². The highest BCUT2D eigenvalue weighted by molar-refractivity contribution is 6.02. The molecular weight excluding hydrogens is 287 g/mol. The fraction of sp³-hybridized carbons (Fsp3) is 0. The smallest absolute Gasteiger partial charge is 0.373 e. The molecule has 0 N–H and O–H groups in total. The van der Waals surface area contributed by atoms with Gasteiger partial charge in [-0.25, -0.2) is 31.5 Å². The van der Waals surface area contributed by atoms with E-state index in [4.69, 9.17) is 0 Å². The maximum atomic E-state index is 13.1. The highest BCUT2D eigenvalue weighted by atomic mass is 19.2. The molecule has 0 amide bonds. The van der Waals surface area contributed by atoms with E-state index in [1.54, 1.807) is 0 Å². The van der Waals surface area contributed by atoms with Gasteiger partial charge in [0.1, 0.15) is 5.56 Å². The molecule has 0 spiro atoms. The van der Waals surface area contributed by atoms with Gasteiger partial charge in [-0.05, 0) is 5.92 Å². The summed E-state index contributed by atoms with van der Waals surface area (Å²) in [5, 5.41) is 0. The lowest BCUT2D eigenvalue weighted by Gasteiger charge is -2.02. The maximum Gasteiger partial charge on any atom is 0.393 e. The van der Waals surface area contributed by atoms with E-state index in [0.717, 1.165) is 0 Å². The number of esters is 2. The molecule has 0 aliphatic heterocycles. The van der Waals surface area contributed by atoms with Gasteiger partial charge in [-0.3, -0.25) is 0 Å². The molecule has 0 unspecified atom stereocenters. The fourth-order valence-electron chi connectivity index (χ4n) is 0.967. The SMILES string of the molecule is C#CC(=O)OC(=O)C#Cc1c(F)c(F)c(F)c(F)c1F. The third-order valence-corrected chi connectivity index (χ3v) is 1.80. The highest BCUT2D eigenvalue weighted by Gasteiger charge is 2.24. The molecule has 1 aromatic carbocycles. The summed E-state index contributed by atoms with van der Waals surface area (Å²) in [5.41, 5.74) is -1.54. The second-order valence-electron chi connectivity index (χ2n) is 3.02. The number of hydrogen-bond acceptors (Lipinski definition) is 3. The number of rotatable bonds is 0. The first-order valence-corrected chi connectivity index (χ1v) is 4.55. The van der Waals surface area contributed by atoms with Gasteiger partial charge in [0.2, 0.25) is 5.82 Å². The summed E-state index contributed by atoms with van der Waals surface area (Å²) in [6.07, 6.45) is 4.55. The molecule has 20 heavy (non-hydrogen) atoms. The number of halogens is 5. The van der Waals surface area contributed by atoms with Crippen molar-refractivity contribution < 1.29 is 36.3 Å². The summed E-state index contributed by atoms with van der Waals surface area (Å²) in [4.78, 5) is 21.3. The van der Waals surface area contributed by atoms with E-state index in [1.807, 2.05) is 0 Å². The lowest BCUT2D eigenvalue weighted by molar-refractivity contribution is -0.151. The molecular formula is C12HF5O3. The highest BCUT2D eigenvalue weighted by Crippen LogP contribution is 2.22. The van der Waals surface area contributed by atoms with Crippen molar-refractivity contribution in [2.75, 3.05) is 0 Å². The van der Waals surface area contributed by atoms with Crippen LogP contribution in [0, 0.1) is 53.3 Å². The van der Waals surface area contributed by atoms with Crippen LogP contribution >= 0.6 is 0 Å². The molecule has 8 heteroatoms. The number of terminal acetylenes is 1. The molecule has 0 saturated carbocycles. The van der Waals surface area contributed by atoms with Crippen LogP contribution in [0.5, 0.6) is 0 Å². The van der Waals surface area contributed by atoms with Crippen molar-refractivity contribution in [2.24, 2.45) is 0 Å². The molecule has 0 bridgehead atoms. The minimum Gasteiger partial charge on any atom is -0.373 e. The van der Waals surface area contributed by atoms with E-state index in [2.05, 4.69) is 11.2 Å². The molecule has 3 nitrogen and oxygen atoms in total. The summed E-state index contributed by atoms with van der Waals surface area (Å²) in [6, 6.07) is 0. The van der Waals surface area contributed by atoms with Crippen LogP contribution in [0.2, 0.25) is 0 Å². The summed E-state index contributed by atoms with van der Waals surface area (Å²) >= 11 is 0. The Balaban J connectivity index is 3.22. The van der Waals surface area contributed by atoms with E-state index in [0.29, 0.717) is 0 Å². The van der Waals surface area contributed by atoms with Crippen molar-refractivity contribution in [2.45, 2.75) is 0 Å². The first-order valence-electron chi connectivity index (χ1n) is 4.55. The summed E-state index contributed by atoms with van der Waals surface area (Å²) in [5.74, 6) is -10.2. The average molecular weight is 288 g/mol. The lowest BCUT2D eigenvalue weighted by atomic mass is 10.1. The van der Waals surface area contributed by atoms with Crippen LogP contribution in [-0.4, -0.2) is 11.9 Å². The number of ether oxygens (including phenoxy) is 1. The standard InChI is InChI=1S/C12HF5O3/c1-2-6(18)20-7(19)4-3-5-8(13)10(15)12(17)11(16)9(5)14/h1H. The molecule has 0 aliphatic rings. The molecule has 0 radical (unpaired) electrons. The maximum absolute atomic E-state index is 13.1. The minimum absolute atomic E-state index is 1.36. The van der Waals surface area contributed by atoms with Crippen LogP contribution in [0.25, 0.3) is 0 Å². The topological polar surface area (TPSA) is 43.4 Å². The monoisotopic (exact) mass is 288 g/mol. The van der Waals surface area contributed by atoms with E-state index in [1.165, 1.54) is 17.8 Å². The zero-order valence-electron chi connectivity index (χ0n) is 9.19. The van der Waals surface area contributed by atoms with Crippen molar-refractivity contribution >= 4 is 11.9 Å². The second kappa shape index (κ2) is 5.85. The normalized spacial score (nSPS) is 9.20. The Morgan fingerprint density at radius 3 is 1.75 bits per heavy atom. The number of hydrogen-bond donors (Lipinski definition) is 0. The van der Waals surface area contributed by atoms with Gasteiger partial charge in [0, 0.05) is 11.8 Å². The first kappa shape index (κ1) is 15.2. The Morgan fingerprint density at radius 1 is 0.850 bits per heavy atom. The van der Waals surface area contributed by atoms with Crippen molar-refractivity contribution in [1.29, 1.82) is 0 Å². The first-order chi connectivity index (χ1) is 9.29. The molecule has 1 rings (SSSR count). The van der Waals surface area contributed by atoms with Gasteiger partial charge in [0.05, 0.1) is 0 Å². The van der Waals surface area contributed by atoms with Crippen molar-refractivity contribution in [1.82, 2.24) is 0 Å². The lowest BCUT2D eigenvalue weighted by Crippen LogP contribution is -2.08. The molecule has 1 aromatic rings. The predicted octanol–water partition coefficient (Wildman–Crippen LogP) is 1.44. The van der Waals surface area contributed by atoms with Gasteiger partial charge in [-0.2, -0.15) is 0 Å². The Bertz CT molecular complexity index is 678. The van der Waals surface area contributed by atoms with Crippen molar-refractivity contribution in [3.8, 4) is 24.2 Å². The zero-order valence-corrected chi connectivity index (χ0v) is 9.19. The van der Waals surface area contributed by atoms with Crippen molar-refractivity contribution in [3.63, 3.8) is 0 Å². The van der Waals surface area contributed by atoms with Crippen LogP contribution in [-0.2, 0) is 14.3 Å². The summed E-state index contributed by atoms with van der Waals surface area (Å²) in [7, 11) is 0. The quantitative estimate of drug-likeness (QED) is 0.138. The third-order valence-electron chi connectivity index (χ3n) is 1.80. The van der Waals surface area contributed by atoms with Gasteiger partial charge in [0.15, 0.2) is 23.3 Å². The van der Waals surface area contributed by atoms with E-state index >= 15 is 0 Å². The van der Waals surface area contributed by atoms with Gasteiger partial charge in [-0.15, -0.1) is 6.42 Å². The van der Waals surface area contributed by atoms with Crippen LogP contribution in [0.3, 0.4) is 0 Å². The fourth-order valence-corrected chi connectivity index (χ4v) is 0.967. The minimum atomic E-state index is -2.37. The Kier molecular flexibility index (Phi) is 4.44. The summed E-state index contributed by atoms with van der Waals surface area (Å²) < 4.78 is 68.2. The van der Waals surface area contributed by atoms with E-state index in [9.17, 15) is 31.5 Å². The van der Waals surface area contributed by atoms with Crippen LogP contribution in [0.1, 0.15) is 5.56 Å². The molecule has 0 heterocycles. The number of carbonyl (C=O) groups excluding carboxylic acids is 2. The van der Waals surface area contributed by atoms with E-state index in [-0.39, 0.29) is 0 Å². The van der Waals surface area contributed by atoms with Gasteiger partial charge in [0.25, 0.3) is 0 Å². The zero-order chi connectivity index (χ0) is 15.4. The van der Waals surface area contributed by atoms with E-state index < -0.39 is 46.6 Å². The molecule has 0 fully saturated rings. The molecule has 0 aromatic heterocycles. The van der Waals surface area contributed by atoms with Gasteiger partial charge < -0.3 is 4.74 Å². The summed E-state index contributed by atoms with van der Waals surface area (Å²) in [6.45, 7) is 0. The Hall–Kier alpha value is -2.87. The average Bonchev–Trinajstić information content (AvgIpc) is 2.42.